The molecule has 1 atom stereocenters. The maximum absolute atomic E-state index is 13.0. The largest absolute Gasteiger partial charge is 0.330 e. The van der Waals surface area contributed by atoms with E-state index in [4.69, 9.17) is 0 Å². The van der Waals surface area contributed by atoms with E-state index >= 15 is 0 Å². The Morgan fingerprint density at radius 3 is 2.90 bits per heavy atom. The zero-order chi connectivity index (χ0) is 14.5. The Balaban J connectivity index is 2.12. The molecule has 0 N–H and O–H groups in total. The summed E-state index contributed by atoms with van der Waals surface area (Å²) < 4.78 is 13.0. The quantitative estimate of drug-likeness (QED) is 0.661. The molecular formula is C17H23FN2. The van der Waals surface area contributed by atoms with Crippen molar-refractivity contribution < 1.29 is 4.39 Å². The second-order valence-electron chi connectivity index (χ2n) is 5.30. The van der Waals surface area contributed by atoms with Crippen LogP contribution in [-0.4, -0.2) is 17.7 Å². The van der Waals surface area contributed by atoms with Gasteiger partial charge in [0.15, 0.2) is 0 Å². The van der Waals surface area contributed by atoms with Crippen LogP contribution in [-0.2, 0) is 0 Å². The third-order valence-corrected chi connectivity index (χ3v) is 3.75. The summed E-state index contributed by atoms with van der Waals surface area (Å²) in [7, 11) is 0. The van der Waals surface area contributed by atoms with Crippen LogP contribution in [0.1, 0.15) is 39.5 Å². The van der Waals surface area contributed by atoms with E-state index in [2.05, 4.69) is 30.3 Å². The number of hydrogen-bond acceptors (Lipinski definition) is 2. The van der Waals surface area contributed by atoms with Crippen molar-refractivity contribution in [1.82, 2.24) is 4.90 Å². The van der Waals surface area contributed by atoms with Gasteiger partial charge < -0.3 is 4.90 Å². The second kappa shape index (κ2) is 6.69. The van der Waals surface area contributed by atoms with Crippen LogP contribution in [0.3, 0.4) is 0 Å². The van der Waals surface area contributed by atoms with Crippen LogP contribution in [0, 0.1) is 5.92 Å². The van der Waals surface area contributed by atoms with Gasteiger partial charge in [0.2, 0.25) is 0 Å². The van der Waals surface area contributed by atoms with Gasteiger partial charge in [-0.2, -0.15) is 0 Å². The number of nitrogens with zero attached hydrogens (tertiary/aromatic N) is 2. The maximum atomic E-state index is 13.0. The third kappa shape index (κ3) is 3.27. The van der Waals surface area contributed by atoms with Crippen LogP contribution >= 0.6 is 0 Å². The molecule has 2 nitrogen and oxygen atoms in total. The van der Waals surface area contributed by atoms with E-state index in [9.17, 15) is 4.39 Å². The Morgan fingerprint density at radius 2 is 2.30 bits per heavy atom. The molecule has 1 unspecified atom stereocenters. The lowest BCUT2D eigenvalue weighted by Crippen LogP contribution is -2.24. The van der Waals surface area contributed by atoms with Crippen molar-refractivity contribution in [3.8, 4) is 0 Å². The van der Waals surface area contributed by atoms with Crippen LogP contribution in [0.5, 0.6) is 0 Å². The first-order valence-corrected chi connectivity index (χ1v) is 7.39. The zero-order valence-corrected chi connectivity index (χ0v) is 12.4. The van der Waals surface area contributed by atoms with E-state index in [-0.39, 0.29) is 5.83 Å². The van der Waals surface area contributed by atoms with Gasteiger partial charge in [0.25, 0.3) is 0 Å². The summed E-state index contributed by atoms with van der Waals surface area (Å²) in [5.41, 5.74) is 2.45. The van der Waals surface area contributed by atoms with Gasteiger partial charge in [0.1, 0.15) is 11.6 Å². The average molecular weight is 274 g/mol. The van der Waals surface area contributed by atoms with Gasteiger partial charge in [-0.1, -0.05) is 26.5 Å². The van der Waals surface area contributed by atoms with E-state index < -0.39 is 0 Å². The van der Waals surface area contributed by atoms with E-state index in [1.807, 2.05) is 12.3 Å². The maximum Gasteiger partial charge on any atom is 0.131 e. The number of allylic oxidation sites excluding steroid dienone is 4. The first-order valence-electron chi connectivity index (χ1n) is 7.39. The van der Waals surface area contributed by atoms with Gasteiger partial charge in [-0.15, -0.1) is 0 Å². The summed E-state index contributed by atoms with van der Waals surface area (Å²) in [5, 5.41) is 0. The molecule has 2 rings (SSSR count). The summed E-state index contributed by atoms with van der Waals surface area (Å²) in [6, 6.07) is 0. The first-order chi connectivity index (χ1) is 9.65. The minimum Gasteiger partial charge on any atom is -0.330 e. The summed E-state index contributed by atoms with van der Waals surface area (Å²) in [6.45, 7) is 9.25. The highest BCUT2D eigenvalue weighted by molar-refractivity contribution is 5.59. The number of halogens is 1. The molecule has 0 saturated carbocycles. The highest BCUT2D eigenvalue weighted by Gasteiger charge is 2.26. The molecule has 0 amide bonds. The summed E-state index contributed by atoms with van der Waals surface area (Å²) in [5.74, 6) is 1.26. The van der Waals surface area contributed by atoms with Crippen LogP contribution in [0.25, 0.3) is 0 Å². The van der Waals surface area contributed by atoms with Crippen molar-refractivity contribution in [2.75, 3.05) is 6.54 Å². The second-order valence-corrected chi connectivity index (χ2v) is 5.30. The Kier molecular flexibility index (Phi) is 4.94. The fraction of sp³-hybridized carbons (Fsp3) is 0.471. The van der Waals surface area contributed by atoms with Gasteiger partial charge in [-0.05, 0) is 42.9 Å². The molecule has 20 heavy (non-hydrogen) atoms. The van der Waals surface area contributed by atoms with Crippen LogP contribution in [0.15, 0.2) is 52.7 Å². The van der Waals surface area contributed by atoms with E-state index in [1.165, 1.54) is 5.57 Å². The van der Waals surface area contributed by atoms with Gasteiger partial charge >= 0.3 is 0 Å². The first kappa shape index (κ1) is 14.8. The van der Waals surface area contributed by atoms with Crippen molar-refractivity contribution >= 4 is 6.21 Å². The summed E-state index contributed by atoms with van der Waals surface area (Å²) in [4.78, 5) is 6.82. The fourth-order valence-corrected chi connectivity index (χ4v) is 2.61. The van der Waals surface area contributed by atoms with Crippen molar-refractivity contribution in [3.63, 3.8) is 0 Å². The van der Waals surface area contributed by atoms with Gasteiger partial charge in [-0.25, -0.2) is 9.38 Å². The molecule has 0 fully saturated rings. The Bertz CT molecular complexity index is 497. The minimum atomic E-state index is -0.129. The zero-order valence-electron chi connectivity index (χ0n) is 12.4. The van der Waals surface area contributed by atoms with Gasteiger partial charge in [-0.3, -0.25) is 0 Å². The molecular weight excluding hydrogens is 251 g/mol. The van der Waals surface area contributed by atoms with Crippen LogP contribution in [0.2, 0.25) is 0 Å². The van der Waals surface area contributed by atoms with Crippen LogP contribution < -0.4 is 0 Å². The van der Waals surface area contributed by atoms with Crippen molar-refractivity contribution in [1.29, 1.82) is 0 Å². The normalized spacial score (nSPS) is 23.1. The van der Waals surface area contributed by atoms with E-state index in [0.717, 1.165) is 43.7 Å². The van der Waals surface area contributed by atoms with Gasteiger partial charge in [0, 0.05) is 24.9 Å². The van der Waals surface area contributed by atoms with E-state index in [1.54, 1.807) is 12.2 Å². The molecule has 0 aromatic heterocycles. The topological polar surface area (TPSA) is 15.6 Å². The third-order valence-electron chi connectivity index (χ3n) is 3.75. The lowest BCUT2D eigenvalue weighted by Gasteiger charge is -2.26. The van der Waals surface area contributed by atoms with Crippen molar-refractivity contribution in [2.45, 2.75) is 39.5 Å². The standard InChI is InChI=1S/C17H23FN2/c1-4-10-19-17-15(5-2)11-13(3)20(17)12-14-6-8-16(18)9-7-14/h6,8-10,14H,3-5,7,11-12H2,1-2H3/b19-10-. The lowest BCUT2D eigenvalue weighted by atomic mass is 10.00. The highest BCUT2D eigenvalue weighted by atomic mass is 19.1. The average Bonchev–Trinajstić information content (AvgIpc) is 2.75. The molecule has 0 radical (unpaired) electrons. The molecule has 1 heterocycles. The summed E-state index contributed by atoms with van der Waals surface area (Å²) >= 11 is 0. The SMILES string of the molecule is C=C1CC(CC)=C(/N=C\CC)N1CC1C=CC(F)=CC1. The Labute approximate surface area is 121 Å². The predicted molar refractivity (Wildman–Crippen MR) is 83.0 cm³/mol. The molecule has 3 heteroatoms. The van der Waals surface area contributed by atoms with Crippen molar-refractivity contribution in [3.05, 3.63) is 47.7 Å². The fourth-order valence-electron chi connectivity index (χ4n) is 2.61. The Hall–Kier alpha value is -1.64. The summed E-state index contributed by atoms with van der Waals surface area (Å²) in [6.07, 6.45) is 10.7. The molecule has 0 spiro atoms. The smallest absolute Gasteiger partial charge is 0.131 e. The molecule has 0 aromatic carbocycles. The number of hydrogen-bond donors (Lipinski definition) is 0. The minimum absolute atomic E-state index is 0.129. The van der Waals surface area contributed by atoms with Gasteiger partial charge in [0.05, 0.1) is 0 Å². The molecule has 1 aliphatic carbocycles. The molecule has 1 aliphatic heterocycles. The van der Waals surface area contributed by atoms with Crippen molar-refractivity contribution in [2.24, 2.45) is 10.9 Å². The molecule has 2 aliphatic rings. The molecule has 108 valence electrons. The predicted octanol–water partition coefficient (Wildman–Crippen LogP) is 4.74. The highest BCUT2D eigenvalue weighted by Crippen LogP contribution is 2.34. The monoisotopic (exact) mass is 274 g/mol. The van der Waals surface area contributed by atoms with E-state index in [0.29, 0.717) is 5.92 Å². The van der Waals surface area contributed by atoms with Crippen LogP contribution in [0.4, 0.5) is 4.39 Å². The molecule has 0 aromatic rings. The number of rotatable bonds is 5. The molecule has 0 saturated heterocycles. The molecule has 0 bridgehead atoms. The Morgan fingerprint density at radius 1 is 1.50 bits per heavy atom. The lowest BCUT2D eigenvalue weighted by molar-refractivity contribution is 0.381. The number of aliphatic imine (C=N–C) groups is 1.